The van der Waals surface area contributed by atoms with Gasteiger partial charge in [-0.1, -0.05) is 0 Å². The van der Waals surface area contributed by atoms with Crippen molar-refractivity contribution in [3.8, 4) is 0 Å². The lowest BCUT2D eigenvalue weighted by Crippen LogP contribution is -2.46. The first-order valence-corrected chi connectivity index (χ1v) is 4.16. The zero-order valence-corrected chi connectivity index (χ0v) is 8.36. The van der Waals surface area contributed by atoms with Crippen molar-refractivity contribution >= 4 is 5.91 Å². The molecule has 5 nitrogen and oxygen atoms in total. The molecule has 0 aliphatic rings. The Morgan fingerprint density at radius 2 is 2.23 bits per heavy atom. The van der Waals surface area contributed by atoms with Gasteiger partial charge in [0, 0.05) is 20.7 Å². The van der Waals surface area contributed by atoms with Gasteiger partial charge in [-0.25, -0.2) is 0 Å². The van der Waals surface area contributed by atoms with Crippen LogP contribution >= 0.6 is 0 Å². The van der Waals surface area contributed by atoms with Crippen molar-refractivity contribution in [1.29, 1.82) is 0 Å². The fraction of sp³-hybridized carbons (Fsp3) is 0.875. The van der Waals surface area contributed by atoms with Crippen molar-refractivity contribution < 1.29 is 14.6 Å². The monoisotopic (exact) mass is 190 g/mol. The average Bonchev–Trinajstić information content (AvgIpc) is 2.02. The highest BCUT2D eigenvalue weighted by molar-refractivity contribution is 5.81. The summed E-state index contributed by atoms with van der Waals surface area (Å²) in [5.74, 6) is -0.220. The smallest absolute Gasteiger partial charge is 0.241 e. The van der Waals surface area contributed by atoms with Crippen molar-refractivity contribution in [2.75, 3.05) is 27.3 Å². The highest BCUT2D eigenvalue weighted by atomic mass is 16.5. The zero-order valence-electron chi connectivity index (χ0n) is 8.36. The van der Waals surface area contributed by atoms with E-state index in [1.165, 1.54) is 12.0 Å². The number of carbonyl (C=O) groups is 1. The number of rotatable bonds is 5. The summed E-state index contributed by atoms with van der Waals surface area (Å²) in [6, 6.07) is -0.645. The molecule has 0 aromatic carbocycles. The maximum absolute atomic E-state index is 11.4. The highest BCUT2D eigenvalue weighted by Gasteiger charge is 2.18. The second kappa shape index (κ2) is 5.90. The largest absolute Gasteiger partial charge is 0.392 e. The van der Waals surface area contributed by atoms with Crippen LogP contribution in [-0.4, -0.2) is 55.4 Å². The Balaban J connectivity index is 3.94. The zero-order chi connectivity index (χ0) is 10.4. The van der Waals surface area contributed by atoms with E-state index in [0.717, 1.165) is 0 Å². The van der Waals surface area contributed by atoms with Gasteiger partial charge in [0.1, 0.15) is 6.04 Å². The van der Waals surface area contributed by atoms with Gasteiger partial charge in [0.05, 0.1) is 12.7 Å². The SMILES string of the molecule is COCC(N)C(=O)N(C)CC(C)O. The van der Waals surface area contributed by atoms with E-state index in [9.17, 15) is 4.79 Å². The predicted molar refractivity (Wildman–Crippen MR) is 49.2 cm³/mol. The number of likely N-dealkylation sites (N-methyl/N-ethyl adjacent to an activating group) is 1. The molecule has 0 radical (unpaired) electrons. The summed E-state index contributed by atoms with van der Waals surface area (Å²) in [7, 11) is 3.09. The summed E-state index contributed by atoms with van der Waals surface area (Å²) in [5.41, 5.74) is 5.51. The molecule has 13 heavy (non-hydrogen) atoms. The molecule has 0 aliphatic heterocycles. The topological polar surface area (TPSA) is 75.8 Å². The molecule has 5 heteroatoms. The Labute approximate surface area is 78.5 Å². The lowest BCUT2D eigenvalue weighted by molar-refractivity contribution is -0.133. The molecule has 0 saturated heterocycles. The normalized spacial score (nSPS) is 15.2. The standard InChI is InChI=1S/C8H18N2O3/c1-6(11)4-10(2)8(12)7(9)5-13-3/h6-7,11H,4-5,9H2,1-3H3. The average molecular weight is 190 g/mol. The molecule has 2 atom stereocenters. The van der Waals surface area contributed by atoms with Gasteiger partial charge >= 0.3 is 0 Å². The van der Waals surface area contributed by atoms with Gasteiger partial charge in [0.2, 0.25) is 5.91 Å². The highest BCUT2D eigenvalue weighted by Crippen LogP contribution is 1.93. The Kier molecular flexibility index (Phi) is 5.61. The third kappa shape index (κ3) is 4.82. The molecule has 78 valence electrons. The maximum atomic E-state index is 11.4. The molecule has 0 aromatic heterocycles. The van der Waals surface area contributed by atoms with Crippen LogP contribution in [0.5, 0.6) is 0 Å². The number of ether oxygens (including phenoxy) is 1. The van der Waals surface area contributed by atoms with Crippen LogP contribution in [0.15, 0.2) is 0 Å². The summed E-state index contributed by atoms with van der Waals surface area (Å²) >= 11 is 0. The number of methoxy groups -OCH3 is 1. The molecule has 0 spiro atoms. The number of hydrogen-bond donors (Lipinski definition) is 2. The van der Waals surface area contributed by atoms with Gasteiger partial charge in [-0.15, -0.1) is 0 Å². The Morgan fingerprint density at radius 1 is 1.69 bits per heavy atom. The molecule has 0 rings (SSSR count). The number of aliphatic hydroxyl groups excluding tert-OH is 1. The number of carbonyl (C=O) groups excluding carboxylic acids is 1. The van der Waals surface area contributed by atoms with Gasteiger partial charge in [-0.3, -0.25) is 4.79 Å². The van der Waals surface area contributed by atoms with Crippen molar-refractivity contribution in [1.82, 2.24) is 4.90 Å². The van der Waals surface area contributed by atoms with Gasteiger partial charge in [0.15, 0.2) is 0 Å². The number of nitrogens with two attached hydrogens (primary N) is 1. The minimum atomic E-state index is -0.645. The maximum Gasteiger partial charge on any atom is 0.241 e. The molecular formula is C8H18N2O3. The van der Waals surface area contributed by atoms with Crippen LogP contribution in [0.25, 0.3) is 0 Å². The first-order valence-electron chi connectivity index (χ1n) is 4.16. The van der Waals surface area contributed by atoms with Gasteiger partial charge in [0.25, 0.3) is 0 Å². The van der Waals surface area contributed by atoms with E-state index >= 15 is 0 Å². The minimum absolute atomic E-state index is 0.197. The molecule has 0 aromatic rings. The van der Waals surface area contributed by atoms with Crippen LogP contribution in [0.2, 0.25) is 0 Å². The molecule has 0 heterocycles. The fourth-order valence-electron chi connectivity index (χ4n) is 1.02. The van der Waals surface area contributed by atoms with Crippen molar-refractivity contribution in [2.24, 2.45) is 5.73 Å². The van der Waals surface area contributed by atoms with Crippen molar-refractivity contribution in [3.05, 3.63) is 0 Å². The number of nitrogens with zero attached hydrogens (tertiary/aromatic N) is 1. The summed E-state index contributed by atoms with van der Waals surface area (Å²) in [6.45, 7) is 2.10. The first-order chi connectivity index (χ1) is 5.99. The predicted octanol–water partition coefficient (Wildman–Crippen LogP) is -1.20. The molecular weight excluding hydrogens is 172 g/mol. The van der Waals surface area contributed by atoms with E-state index in [1.807, 2.05) is 0 Å². The number of hydrogen-bond acceptors (Lipinski definition) is 4. The molecule has 1 amide bonds. The van der Waals surface area contributed by atoms with E-state index in [1.54, 1.807) is 14.0 Å². The van der Waals surface area contributed by atoms with Crippen molar-refractivity contribution in [2.45, 2.75) is 19.1 Å². The fourth-order valence-corrected chi connectivity index (χ4v) is 1.02. The van der Waals surface area contributed by atoms with Crippen LogP contribution in [0.3, 0.4) is 0 Å². The van der Waals surface area contributed by atoms with Gasteiger partial charge in [-0.05, 0) is 6.92 Å². The molecule has 0 aliphatic carbocycles. The third-order valence-corrected chi connectivity index (χ3v) is 1.58. The van der Waals surface area contributed by atoms with Crippen LogP contribution in [0.1, 0.15) is 6.92 Å². The number of amides is 1. The second-order valence-corrected chi connectivity index (χ2v) is 3.13. The van der Waals surface area contributed by atoms with Crippen LogP contribution in [0.4, 0.5) is 0 Å². The summed E-state index contributed by atoms with van der Waals surface area (Å²) in [5, 5.41) is 9.02. The van der Waals surface area contributed by atoms with Crippen LogP contribution < -0.4 is 5.73 Å². The molecule has 0 bridgehead atoms. The lowest BCUT2D eigenvalue weighted by atomic mass is 10.2. The van der Waals surface area contributed by atoms with Gasteiger partial charge < -0.3 is 20.5 Å². The van der Waals surface area contributed by atoms with Crippen LogP contribution in [0, 0.1) is 0 Å². The quantitative estimate of drug-likeness (QED) is 0.571. The molecule has 3 N–H and O–H groups in total. The second-order valence-electron chi connectivity index (χ2n) is 3.13. The van der Waals surface area contributed by atoms with E-state index < -0.39 is 12.1 Å². The molecule has 2 unspecified atom stereocenters. The third-order valence-electron chi connectivity index (χ3n) is 1.58. The number of aliphatic hydroxyl groups is 1. The molecule has 0 fully saturated rings. The van der Waals surface area contributed by atoms with E-state index in [0.29, 0.717) is 0 Å². The van der Waals surface area contributed by atoms with Gasteiger partial charge in [-0.2, -0.15) is 0 Å². The summed E-state index contributed by atoms with van der Waals surface area (Å²) < 4.78 is 4.74. The van der Waals surface area contributed by atoms with E-state index in [-0.39, 0.29) is 19.1 Å². The minimum Gasteiger partial charge on any atom is -0.392 e. The van der Waals surface area contributed by atoms with E-state index in [2.05, 4.69) is 0 Å². The van der Waals surface area contributed by atoms with Crippen molar-refractivity contribution in [3.63, 3.8) is 0 Å². The Morgan fingerprint density at radius 3 is 2.62 bits per heavy atom. The first kappa shape index (κ1) is 12.3. The lowest BCUT2D eigenvalue weighted by Gasteiger charge is -2.21. The summed E-state index contributed by atoms with van der Waals surface area (Å²) in [6.07, 6.45) is -0.538. The van der Waals surface area contributed by atoms with Crippen LogP contribution in [-0.2, 0) is 9.53 Å². The molecule has 0 saturated carbocycles. The van der Waals surface area contributed by atoms with E-state index in [4.69, 9.17) is 15.6 Å². The Bertz CT molecular complexity index is 161. The summed E-state index contributed by atoms with van der Waals surface area (Å²) in [4.78, 5) is 12.8. The Hall–Kier alpha value is -0.650.